The second kappa shape index (κ2) is 5.29. The van der Waals surface area contributed by atoms with Gasteiger partial charge in [0, 0.05) is 19.1 Å². The third-order valence-electron chi connectivity index (χ3n) is 3.59. The van der Waals surface area contributed by atoms with Crippen LogP contribution < -0.4 is 4.90 Å². The van der Waals surface area contributed by atoms with Crippen LogP contribution in [-0.4, -0.2) is 32.8 Å². The molecule has 0 aliphatic carbocycles. The van der Waals surface area contributed by atoms with Gasteiger partial charge in [-0.25, -0.2) is 4.98 Å². The average molecular weight is 309 g/mol. The molecule has 1 N–H and O–H groups in total. The smallest absolute Gasteiger partial charge is 0.195 e. The number of aromatic amines is 1. The first-order valence-electron chi connectivity index (χ1n) is 6.97. The molecular formula is C13H19N5S2. The molecule has 7 heteroatoms. The van der Waals surface area contributed by atoms with E-state index in [4.69, 9.17) is 17.2 Å². The minimum Gasteiger partial charge on any atom is -0.348 e. The summed E-state index contributed by atoms with van der Waals surface area (Å²) in [6, 6.07) is 0.285. The molecule has 0 radical (unpaired) electrons. The lowest BCUT2D eigenvalue weighted by atomic mass is 10.3. The SMILES string of the molecule is Cc1nc(N2CCCC2)sc1-c1n[nH]c(=S)n1C(C)C. The Morgan fingerprint density at radius 2 is 2.00 bits per heavy atom. The summed E-state index contributed by atoms with van der Waals surface area (Å²) in [5.74, 6) is 0.908. The molecule has 0 bridgehead atoms. The van der Waals surface area contributed by atoms with Gasteiger partial charge in [0.2, 0.25) is 0 Å². The Hall–Kier alpha value is -1.21. The van der Waals surface area contributed by atoms with Crippen molar-refractivity contribution in [3.63, 3.8) is 0 Å². The van der Waals surface area contributed by atoms with Crippen molar-refractivity contribution in [1.29, 1.82) is 0 Å². The van der Waals surface area contributed by atoms with Gasteiger partial charge in [0.25, 0.3) is 0 Å². The maximum Gasteiger partial charge on any atom is 0.195 e. The van der Waals surface area contributed by atoms with Gasteiger partial charge in [-0.05, 0) is 45.8 Å². The van der Waals surface area contributed by atoms with E-state index in [0.717, 1.165) is 34.6 Å². The Kier molecular flexibility index (Phi) is 3.64. The summed E-state index contributed by atoms with van der Waals surface area (Å²) in [7, 11) is 0. The van der Waals surface area contributed by atoms with Gasteiger partial charge < -0.3 is 4.90 Å². The number of thiazole rings is 1. The number of hydrogen-bond donors (Lipinski definition) is 1. The first-order valence-corrected chi connectivity index (χ1v) is 8.20. The summed E-state index contributed by atoms with van der Waals surface area (Å²) < 4.78 is 2.73. The Morgan fingerprint density at radius 1 is 1.30 bits per heavy atom. The van der Waals surface area contributed by atoms with Crippen molar-refractivity contribution in [3.05, 3.63) is 10.5 Å². The number of hydrogen-bond acceptors (Lipinski definition) is 5. The third kappa shape index (κ3) is 2.29. The lowest BCUT2D eigenvalue weighted by molar-refractivity contribution is 0.597. The molecule has 1 aliphatic rings. The summed E-state index contributed by atoms with van der Waals surface area (Å²) in [4.78, 5) is 8.20. The molecule has 1 aliphatic heterocycles. The van der Waals surface area contributed by atoms with Crippen molar-refractivity contribution in [3.8, 4) is 10.7 Å². The van der Waals surface area contributed by atoms with Gasteiger partial charge >= 0.3 is 0 Å². The van der Waals surface area contributed by atoms with Crippen LogP contribution in [0, 0.1) is 11.7 Å². The molecule has 1 saturated heterocycles. The third-order valence-corrected chi connectivity index (χ3v) is 5.09. The van der Waals surface area contributed by atoms with Crippen LogP contribution in [-0.2, 0) is 0 Å². The van der Waals surface area contributed by atoms with Gasteiger partial charge in [0.1, 0.15) is 0 Å². The fraction of sp³-hybridized carbons (Fsp3) is 0.615. The summed E-state index contributed by atoms with van der Waals surface area (Å²) >= 11 is 7.05. The van der Waals surface area contributed by atoms with E-state index >= 15 is 0 Å². The quantitative estimate of drug-likeness (QED) is 0.881. The number of aryl methyl sites for hydroxylation is 1. The lowest BCUT2D eigenvalue weighted by Gasteiger charge is -2.12. The molecule has 3 rings (SSSR count). The van der Waals surface area contributed by atoms with Crippen LogP contribution in [0.5, 0.6) is 0 Å². The van der Waals surface area contributed by atoms with E-state index in [-0.39, 0.29) is 6.04 Å². The molecule has 2 aromatic rings. The van der Waals surface area contributed by atoms with Gasteiger partial charge in [0.15, 0.2) is 15.7 Å². The van der Waals surface area contributed by atoms with Crippen LogP contribution in [0.3, 0.4) is 0 Å². The summed E-state index contributed by atoms with van der Waals surface area (Å²) in [5.41, 5.74) is 1.04. The molecule has 0 unspecified atom stereocenters. The number of rotatable bonds is 3. The standard InChI is InChI=1S/C13H19N5S2/c1-8(2)18-11(15-16-12(18)19)10-9(3)14-13(20-10)17-6-4-5-7-17/h8H,4-7H2,1-3H3,(H,16,19). The van der Waals surface area contributed by atoms with Gasteiger partial charge in [-0.2, -0.15) is 5.10 Å². The highest BCUT2D eigenvalue weighted by molar-refractivity contribution is 7.71. The van der Waals surface area contributed by atoms with E-state index in [9.17, 15) is 0 Å². The van der Waals surface area contributed by atoms with Crippen LogP contribution in [0.25, 0.3) is 10.7 Å². The van der Waals surface area contributed by atoms with Crippen LogP contribution in [0.15, 0.2) is 0 Å². The second-order valence-electron chi connectivity index (χ2n) is 5.42. The summed E-state index contributed by atoms with van der Waals surface area (Å²) in [6.45, 7) is 8.51. The highest BCUT2D eigenvalue weighted by atomic mass is 32.1. The number of H-pyrrole nitrogens is 1. The summed E-state index contributed by atoms with van der Waals surface area (Å²) in [5, 5.41) is 8.42. The van der Waals surface area contributed by atoms with E-state index in [2.05, 4.69) is 33.5 Å². The Labute approximate surface area is 127 Å². The van der Waals surface area contributed by atoms with Crippen molar-refractivity contribution < 1.29 is 0 Å². The zero-order valence-electron chi connectivity index (χ0n) is 12.0. The van der Waals surface area contributed by atoms with Gasteiger partial charge in [0.05, 0.1) is 10.6 Å². The van der Waals surface area contributed by atoms with E-state index in [1.165, 1.54) is 12.8 Å². The number of anilines is 1. The van der Waals surface area contributed by atoms with Crippen LogP contribution in [0.2, 0.25) is 0 Å². The van der Waals surface area contributed by atoms with Gasteiger partial charge in [-0.1, -0.05) is 11.3 Å². The molecule has 3 heterocycles. The average Bonchev–Trinajstić information content (AvgIpc) is 3.07. The fourth-order valence-electron chi connectivity index (χ4n) is 2.58. The predicted molar refractivity (Wildman–Crippen MR) is 85.1 cm³/mol. The molecule has 2 aromatic heterocycles. The molecule has 1 fully saturated rings. The zero-order valence-corrected chi connectivity index (χ0v) is 13.6. The normalized spacial score (nSPS) is 15.5. The van der Waals surface area contributed by atoms with Crippen molar-refractivity contribution in [2.24, 2.45) is 0 Å². The fourth-order valence-corrected chi connectivity index (χ4v) is 4.03. The lowest BCUT2D eigenvalue weighted by Crippen LogP contribution is -2.17. The monoisotopic (exact) mass is 309 g/mol. The van der Waals surface area contributed by atoms with Crippen molar-refractivity contribution in [2.75, 3.05) is 18.0 Å². The maximum absolute atomic E-state index is 5.33. The minimum atomic E-state index is 0.285. The van der Waals surface area contributed by atoms with Gasteiger partial charge in [-0.15, -0.1) is 0 Å². The molecule has 5 nitrogen and oxygen atoms in total. The second-order valence-corrected chi connectivity index (χ2v) is 6.79. The van der Waals surface area contributed by atoms with Gasteiger partial charge in [-0.3, -0.25) is 9.67 Å². The van der Waals surface area contributed by atoms with Crippen LogP contribution in [0.4, 0.5) is 5.13 Å². The largest absolute Gasteiger partial charge is 0.348 e. The number of aromatic nitrogens is 4. The van der Waals surface area contributed by atoms with E-state index in [0.29, 0.717) is 4.77 Å². The maximum atomic E-state index is 5.33. The Morgan fingerprint density at radius 3 is 2.65 bits per heavy atom. The topological polar surface area (TPSA) is 49.7 Å². The zero-order chi connectivity index (χ0) is 14.3. The molecule has 0 saturated carbocycles. The molecule has 108 valence electrons. The highest BCUT2D eigenvalue weighted by Crippen LogP contribution is 2.35. The molecular weight excluding hydrogens is 290 g/mol. The van der Waals surface area contributed by atoms with E-state index in [1.54, 1.807) is 11.3 Å². The first-order chi connectivity index (χ1) is 9.58. The number of nitrogens with one attached hydrogen (secondary N) is 1. The summed E-state index contributed by atoms with van der Waals surface area (Å²) in [6.07, 6.45) is 2.53. The predicted octanol–water partition coefficient (Wildman–Crippen LogP) is 3.55. The van der Waals surface area contributed by atoms with Crippen LogP contribution >= 0.6 is 23.6 Å². The first kappa shape index (κ1) is 13.8. The van der Waals surface area contributed by atoms with Crippen molar-refractivity contribution in [1.82, 2.24) is 19.7 Å². The van der Waals surface area contributed by atoms with Crippen LogP contribution in [0.1, 0.15) is 38.4 Å². The van der Waals surface area contributed by atoms with Crippen molar-refractivity contribution in [2.45, 2.75) is 39.7 Å². The van der Waals surface area contributed by atoms with E-state index in [1.807, 2.05) is 6.92 Å². The molecule has 0 atom stereocenters. The number of nitrogens with zero attached hydrogens (tertiary/aromatic N) is 4. The molecule has 0 aromatic carbocycles. The molecule has 0 spiro atoms. The molecule has 20 heavy (non-hydrogen) atoms. The van der Waals surface area contributed by atoms with Crippen molar-refractivity contribution >= 4 is 28.7 Å². The Bertz CT molecular complexity index is 661. The minimum absolute atomic E-state index is 0.285. The highest BCUT2D eigenvalue weighted by Gasteiger charge is 2.21. The van der Waals surface area contributed by atoms with E-state index < -0.39 is 0 Å². The Balaban J connectivity index is 2.04. The molecule has 0 amide bonds.